The van der Waals surface area contributed by atoms with Crippen LogP contribution >= 0.6 is 0 Å². The molecule has 1 amide bonds. The van der Waals surface area contributed by atoms with Gasteiger partial charge in [0.1, 0.15) is 0 Å². The predicted octanol–water partition coefficient (Wildman–Crippen LogP) is 2.27. The zero-order valence-electron chi connectivity index (χ0n) is 9.34. The van der Waals surface area contributed by atoms with E-state index in [1.165, 1.54) is 11.3 Å². The third-order valence-electron chi connectivity index (χ3n) is 2.93. The minimum atomic E-state index is 0.106. The van der Waals surface area contributed by atoms with Crippen molar-refractivity contribution >= 4 is 13.8 Å². The highest BCUT2D eigenvalue weighted by Gasteiger charge is 2.17. The fraction of sp³-hybridized carbons (Fsp3) is 0.727. The molecule has 0 aromatic rings. The Hall–Kier alpha value is -0.725. The molecule has 76 valence electrons. The Bertz CT molecular complexity index is 260. The first-order chi connectivity index (χ1) is 6.52. The van der Waals surface area contributed by atoms with Crippen LogP contribution in [0.15, 0.2) is 11.3 Å². The Morgan fingerprint density at radius 3 is 2.79 bits per heavy atom. The van der Waals surface area contributed by atoms with Gasteiger partial charge in [-0.25, -0.2) is 0 Å². The van der Waals surface area contributed by atoms with E-state index in [2.05, 4.69) is 6.92 Å². The van der Waals surface area contributed by atoms with E-state index in [-0.39, 0.29) is 11.7 Å². The van der Waals surface area contributed by atoms with Crippen molar-refractivity contribution in [2.75, 3.05) is 7.05 Å². The summed E-state index contributed by atoms with van der Waals surface area (Å²) in [5, 5.41) is 0. The van der Waals surface area contributed by atoms with Gasteiger partial charge >= 0.3 is 0 Å². The van der Waals surface area contributed by atoms with Gasteiger partial charge in [-0.15, -0.1) is 0 Å². The van der Waals surface area contributed by atoms with E-state index in [4.69, 9.17) is 7.85 Å². The van der Waals surface area contributed by atoms with Gasteiger partial charge in [-0.05, 0) is 26.2 Å². The zero-order valence-corrected chi connectivity index (χ0v) is 9.34. The maximum Gasteiger partial charge on any atom is 0.223 e. The Morgan fingerprint density at radius 2 is 2.21 bits per heavy atom. The molecule has 0 aromatic heterocycles. The molecule has 0 heterocycles. The average Bonchev–Trinajstić information content (AvgIpc) is 2.25. The minimum Gasteiger partial charge on any atom is -0.320 e. The maximum absolute atomic E-state index is 11.2. The van der Waals surface area contributed by atoms with Gasteiger partial charge in [-0.2, -0.15) is 0 Å². The quantitative estimate of drug-likeness (QED) is 0.582. The second-order valence-corrected chi connectivity index (χ2v) is 4.16. The lowest BCUT2D eigenvalue weighted by molar-refractivity contribution is -0.126. The predicted molar refractivity (Wildman–Crippen MR) is 59.1 cm³/mol. The number of hydrogen-bond acceptors (Lipinski definition) is 1. The summed E-state index contributed by atoms with van der Waals surface area (Å²) in [6.07, 6.45) is 4.06. The number of rotatable bonds is 1. The summed E-state index contributed by atoms with van der Waals surface area (Å²) in [5.74, 6) is 0.377. The third kappa shape index (κ3) is 2.63. The summed E-state index contributed by atoms with van der Waals surface area (Å²) in [6.45, 7) is 3.69. The first kappa shape index (κ1) is 11.4. The van der Waals surface area contributed by atoms with Gasteiger partial charge in [0.15, 0.2) is 0 Å². The highest BCUT2D eigenvalue weighted by atomic mass is 16.2. The molecule has 0 N–H and O–H groups in total. The molecule has 0 bridgehead atoms. The van der Waals surface area contributed by atoms with Crippen LogP contribution in [-0.4, -0.2) is 25.7 Å². The van der Waals surface area contributed by atoms with Crippen molar-refractivity contribution in [3.05, 3.63) is 11.3 Å². The normalized spacial score (nSPS) is 23.2. The highest BCUT2D eigenvalue weighted by Crippen LogP contribution is 2.30. The molecule has 1 unspecified atom stereocenters. The molecule has 1 rings (SSSR count). The number of allylic oxidation sites excluding steroid dienone is 2. The largest absolute Gasteiger partial charge is 0.320 e. The molecular formula is C11H18BNO. The molecule has 2 nitrogen and oxygen atoms in total. The summed E-state index contributed by atoms with van der Waals surface area (Å²) in [7, 11) is 7.77. The summed E-state index contributed by atoms with van der Waals surface area (Å²) in [6, 6.07) is 0. The fourth-order valence-electron chi connectivity index (χ4n) is 2.00. The van der Waals surface area contributed by atoms with Crippen molar-refractivity contribution in [1.29, 1.82) is 0 Å². The van der Waals surface area contributed by atoms with Gasteiger partial charge in [0.25, 0.3) is 0 Å². The van der Waals surface area contributed by atoms with Crippen LogP contribution in [0, 0.1) is 0 Å². The van der Waals surface area contributed by atoms with Gasteiger partial charge in [0.05, 0.1) is 7.85 Å². The molecule has 0 saturated carbocycles. The van der Waals surface area contributed by atoms with E-state index in [0.29, 0.717) is 0 Å². The van der Waals surface area contributed by atoms with E-state index >= 15 is 0 Å². The van der Waals surface area contributed by atoms with Crippen LogP contribution in [-0.2, 0) is 4.79 Å². The third-order valence-corrected chi connectivity index (χ3v) is 2.93. The van der Waals surface area contributed by atoms with E-state index < -0.39 is 0 Å². The van der Waals surface area contributed by atoms with Crippen LogP contribution in [0.2, 0.25) is 5.82 Å². The first-order valence-electron chi connectivity index (χ1n) is 5.21. The standard InChI is InChI=1S/C11H18BNO/c1-8-7-10(12)5-4-6-11(8)13(3)9(2)14/h10H,4-7H2,1-3H3. The monoisotopic (exact) mass is 191 g/mol. The highest BCUT2D eigenvalue weighted by molar-refractivity contribution is 6.11. The lowest BCUT2D eigenvalue weighted by atomic mass is 9.80. The Balaban J connectivity index is 2.83. The molecule has 3 heteroatoms. The van der Waals surface area contributed by atoms with Crippen LogP contribution in [0.1, 0.15) is 39.5 Å². The van der Waals surface area contributed by atoms with E-state index in [0.717, 1.165) is 25.7 Å². The molecule has 0 spiro atoms. The van der Waals surface area contributed by atoms with E-state index in [1.54, 1.807) is 11.8 Å². The topological polar surface area (TPSA) is 20.3 Å². The second kappa shape index (κ2) is 4.67. The summed E-state index contributed by atoms with van der Waals surface area (Å²) in [5.41, 5.74) is 2.44. The zero-order chi connectivity index (χ0) is 10.7. The minimum absolute atomic E-state index is 0.106. The van der Waals surface area contributed by atoms with Crippen LogP contribution in [0.4, 0.5) is 0 Å². The van der Waals surface area contributed by atoms with Gasteiger partial charge < -0.3 is 4.90 Å². The smallest absolute Gasteiger partial charge is 0.223 e. The fourth-order valence-corrected chi connectivity index (χ4v) is 2.00. The van der Waals surface area contributed by atoms with Crippen LogP contribution in [0.3, 0.4) is 0 Å². The van der Waals surface area contributed by atoms with Crippen molar-refractivity contribution in [3.63, 3.8) is 0 Å². The average molecular weight is 191 g/mol. The van der Waals surface area contributed by atoms with Crippen molar-refractivity contribution in [2.24, 2.45) is 0 Å². The molecule has 0 saturated heterocycles. The van der Waals surface area contributed by atoms with Gasteiger partial charge in [0, 0.05) is 19.7 Å². The van der Waals surface area contributed by atoms with Crippen LogP contribution < -0.4 is 0 Å². The summed E-state index contributed by atoms with van der Waals surface area (Å²) in [4.78, 5) is 13.0. The summed E-state index contributed by atoms with van der Waals surface area (Å²) >= 11 is 0. The second-order valence-electron chi connectivity index (χ2n) is 4.16. The van der Waals surface area contributed by atoms with Gasteiger partial charge in [0.2, 0.25) is 5.91 Å². The molecule has 1 aliphatic carbocycles. The number of amides is 1. The number of hydrogen-bond donors (Lipinski definition) is 0. The molecule has 14 heavy (non-hydrogen) atoms. The van der Waals surface area contributed by atoms with Gasteiger partial charge in [-0.1, -0.05) is 17.8 Å². The Kier molecular flexibility index (Phi) is 3.79. The molecule has 0 aliphatic heterocycles. The molecular weight excluding hydrogens is 173 g/mol. The molecule has 1 atom stereocenters. The van der Waals surface area contributed by atoms with Crippen LogP contribution in [0.25, 0.3) is 0 Å². The van der Waals surface area contributed by atoms with Crippen molar-refractivity contribution in [3.8, 4) is 0 Å². The number of nitrogens with zero attached hydrogens (tertiary/aromatic N) is 1. The SMILES string of the molecule is [B]C1CCCC(N(C)C(C)=O)=C(C)C1. The van der Waals surface area contributed by atoms with Crippen molar-refractivity contribution in [1.82, 2.24) is 4.90 Å². The Labute approximate surface area is 87.8 Å². The lowest BCUT2D eigenvalue weighted by Gasteiger charge is -2.20. The number of carbonyl (C=O) groups excluding carboxylic acids is 1. The van der Waals surface area contributed by atoms with E-state index in [9.17, 15) is 4.79 Å². The summed E-state index contributed by atoms with van der Waals surface area (Å²) < 4.78 is 0. The Morgan fingerprint density at radius 1 is 1.57 bits per heavy atom. The molecule has 0 aromatic carbocycles. The van der Waals surface area contributed by atoms with Crippen molar-refractivity contribution in [2.45, 2.75) is 45.3 Å². The van der Waals surface area contributed by atoms with Crippen LogP contribution in [0.5, 0.6) is 0 Å². The molecule has 1 aliphatic rings. The van der Waals surface area contributed by atoms with E-state index in [1.807, 2.05) is 7.05 Å². The lowest BCUT2D eigenvalue weighted by Crippen LogP contribution is -2.23. The molecule has 0 fully saturated rings. The van der Waals surface area contributed by atoms with Crippen molar-refractivity contribution < 1.29 is 4.79 Å². The first-order valence-corrected chi connectivity index (χ1v) is 5.21. The van der Waals surface area contributed by atoms with Gasteiger partial charge in [-0.3, -0.25) is 4.79 Å². The molecule has 2 radical (unpaired) electrons. The number of carbonyl (C=O) groups is 1. The maximum atomic E-state index is 11.2.